The van der Waals surface area contributed by atoms with E-state index in [2.05, 4.69) is 20.9 Å². The number of fused-ring (bicyclic) bond motifs is 2. The summed E-state index contributed by atoms with van der Waals surface area (Å²) in [5.41, 5.74) is 1.04. The number of amidine groups is 1. The number of aliphatic imine (C=N–C) groups is 1. The van der Waals surface area contributed by atoms with E-state index in [1.165, 1.54) is 6.07 Å². The number of carbonyl (C=O) groups is 1. The van der Waals surface area contributed by atoms with E-state index in [1.807, 2.05) is 35.7 Å². The van der Waals surface area contributed by atoms with Crippen LogP contribution in [0.1, 0.15) is 56.6 Å². The van der Waals surface area contributed by atoms with Gasteiger partial charge in [0.2, 0.25) is 0 Å². The molecule has 196 valence electrons. The van der Waals surface area contributed by atoms with E-state index in [0.717, 1.165) is 74.9 Å². The number of urea groups is 1. The number of likely N-dealkylation sites (tertiary alicyclic amines) is 1. The van der Waals surface area contributed by atoms with Crippen LogP contribution in [0.25, 0.3) is 10.9 Å². The van der Waals surface area contributed by atoms with Gasteiger partial charge >= 0.3 is 6.03 Å². The lowest BCUT2D eigenvalue weighted by Crippen LogP contribution is -2.54. The second kappa shape index (κ2) is 9.08. The third kappa shape index (κ3) is 4.32. The lowest BCUT2D eigenvalue weighted by atomic mass is 9.91. The number of aryl methyl sites for hydroxylation is 1. The number of nitrogens with zero attached hydrogens (tertiary/aromatic N) is 3. The summed E-state index contributed by atoms with van der Waals surface area (Å²) in [5, 5.41) is 10.8. The molecule has 0 spiro atoms. The summed E-state index contributed by atoms with van der Waals surface area (Å²) in [4.78, 5) is 22.7. The van der Waals surface area contributed by atoms with Gasteiger partial charge in [-0.25, -0.2) is 13.6 Å². The van der Waals surface area contributed by atoms with Gasteiger partial charge in [-0.3, -0.25) is 4.99 Å². The minimum absolute atomic E-state index is 0.0347. The Morgan fingerprint density at radius 2 is 1.97 bits per heavy atom. The van der Waals surface area contributed by atoms with E-state index in [4.69, 9.17) is 4.99 Å². The average molecular weight is 510 g/mol. The summed E-state index contributed by atoms with van der Waals surface area (Å²) in [6.45, 7) is 3.61. The third-order valence-electron chi connectivity index (χ3n) is 7.99. The zero-order valence-electron chi connectivity index (χ0n) is 21.2. The molecule has 1 saturated carbocycles. The SMILES string of the molecule is Cn1ccc2c1NC(C)(c1c[nH]c3c(F)cc(F)cc13)NC2=NC1CCC[C@H](NC(=O)N2CCCC2)C1. The van der Waals surface area contributed by atoms with Crippen molar-refractivity contribution in [2.75, 3.05) is 18.4 Å². The number of halogens is 2. The van der Waals surface area contributed by atoms with E-state index in [0.29, 0.717) is 10.9 Å². The van der Waals surface area contributed by atoms with Gasteiger partial charge in [0.15, 0.2) is 0 Å². The van der Waals surface area contributed by atoms with Crippen molar-refractivity contribution in [3.05, 3.63) is 53.4 Å². The van der Waals surface area contributed by atoms with Gasteiger partial charge in [0, 0.05) is 55.6 Å². The van der Waals surface area contributed by atoms with Crippen LogP contribution >= 0.6 is 0 Å². The van der Waals surface area contributed by atoms with Gasteiger partial charge in [-0.1, -0.05) is 0 Å². The molecular weight excluding hydrogens is 476 g/mol. The average Bonchev–Trinajstić information content (AvgIpc) is 3.60. The normalized spacial score (nSPS) is 26.7. The van der Waals surface area contributed by atoms with Crippen LogP contribution in [0.15, 0.2) is 35.6 Å². The highest BCUT2D eigenvalue weighted by Crippen LogP contribution is 2.36. The molecule has 1 aliphatic carbocycles. The van der Waals surface area contributed by atoms with Crippen molar-refractivity contribution in [2.24, 2.45) is 12.0 Å². The first kappa shape index (κ1) is 23.8. The zero-order chi connectivity index (χ0) is 25.7. The Morgan fingerprint density at radius 3 is 2.78 bits per heavy atom. The Hall–Kier alpha value is -3.56. The largest absolute Gasteiger partial charge is 0.358 e. The maximum absolute atomic E-state index is 14.4. The summed E-state index contributed by atoms with van der Waals surface area (Å²) >= 11 is 0. The first-order valence-corrected chi connectivity index (χ1v) is 13.1. The molecule has 4 heterocycles. The fourth-order valence-electron chi connectivity index (χ4n) is 6.03. The molecule has 10 heteroatoms. The van der Waals surface area contributed by atoms with Crippen molar-refractivity contribution in [2.45, 2.75) is 63.2 Å². The molecule has 4 N–H and O–H groups in total. The highest BCUT2D eigenvalue weighted by atomic mass is 19.1. The number of anilines is 1. The number of nitrogens with one attached hydrogen (secondary N) is 4. The van der Waals surface area contributed by atoms with Crippen molar-refractivity contribution >= 4 is 28.6 Å². The van der Waals surface area contributed by atoms with Crippen molar-refractivity contribution in [1.82, 2.24) is 25.1 Å². The van der Waals surface area contributed by atoms with Crippen molar-refractivity contribution < 1.29 is 13.6 Å². The smallest absolute Gasteiger partial charge is 0.317 e. The van der Waals surface area contributed by atoms with Crippen LogP contribution in [0.4, 0.5) is 19.4 Å². The Labute approximate surface area is 214 Å². The van der Waals surface area contributed by atoms with E-state index in [-0.39, 0.29) is 23.6 Å². The van der Waals surface area contributed by atoms with Crippen molar-refractivity contribution in [1.29, 1.82) is 0 Å². The highest BCUT2D eigenvalue weighted by molar-refractivity contribution is 6.06. The monoisotopic (exact) mass is 509 g/mol. The molecule has 3 aliphatic rings. The minimum atomic E-state index is -0.867. The van der Waals surface area contributed by atoms with Crippen LogP contribution < -0.4 is 16.0 Å². The summed E-state index contributed by atoms with van der Waals surface area (Å²) in [7, 11) is 1.95. The van der Waals surface area contributed by atoms with Gasteiger partial charge in [-0.05, 0) is 57.6 Å². The Bertz CT molecular complexity index is 1370. The Kier molecular flexibility index (Phi) is 5.84. The van der Waals surface area contributed by atoms with Crippen LogP contribution in [0, 0.1) is 11.6 Å². The molecule has 2 unspecified atom stereocenters. The van der Waals surface area contributed by atoms with Crippen LogP contribution in [-0.4, -0.2) is 51.5 Å². The zero-order valence-corrected chi connectivity index (χ0v) is 21.2. The van der Waals surface area contributed by atoms with Crippen LogP contribution in [0.2, 0.25) is 0 Å². The molecule has 6 rings (SSSR count). The first-order chi connectivity index (χ1) is 17.8. The topological polar surface area (TPSA) is 89.5 Å². The Balaban J connectivity index is 1.29. The predicted molar refractivity (Wildman–Crippen MR) is 140 cm³/mol. The number of hydrogen-bond donors (Lipinski definition) is 4. The van der Waals surface area contributed by atoms with Gasteiger partial charge in [0.1, 0.15) is 29.0 Å². The molecule has 3 aromatic rings. The Morgan fingerprint density at radius 1 is 1.16 bits per heavy atom. The standard InChI is InChI=1S/C27H33F2N7O/c1-27(21-15-30-23-20(21)12-16(28)13-22(23)29)33-24(19-8-11-35(2)25(19)34-27)31-17-6-5-7-18(14-17)32-26(37)36-9-3-4-10-36/h8,11-13,15,17-18,30,34H,3-7,9-10,14H2,1-2H3,(H,31,33)(H,32,37)/t17?,18-,27?/m0/s1. The predicted octanol–water partition coefficient (Wildman–Crippen LogP) is 4.54. The summed E-state index contributed by atoms with van der Waals surface area (Å²) in [6, 6.07) is 4.43. The number of aromatic amines is 1. The van der Waals surface area contributed by atoms with Gasteiger partial charge in [-0.2, -0.15) is 0 Å². The van der Waals surface area contributed by atoms with Gasteiger partial charge in [0.05, 0.1) is 17.1 Å². The van der Waals surface area contributed by atoms with Crippen LogP contribution in [-0.2, 0) is 12.7 Å². The van der Waals surface area contributed by atoms with E-state index in [1.54, 1.807) is 6.20 Å². The quantitative estimate of drug-likeness (QED) is 0.418. The molecule has 37 heavy (non-hydrogen) atoms. The fourth-order valence-corrected chi connectivity index (χ4v) is 6.03. The molecule has 0 bridgehead atoms. The molecule has 2 aliphatic heterocycles. The highest BCUT2D eigenvalue weighted by Gasteiger charge is 2.38. The molecule has 2 amide bonds. The molecule has 0 radical (unpaired) electrons. The third-order valence-corrected chi connectivity index (χ3v) is 7.99. The van der Waals surface area contributed by atoms with Gasteiger partial charge in [0.25, 0.3) is 0 Å². The summed E-state index contributed by atoms with van der Waals surface area (Å²) < 4.78 is 30.6. The van der Waals surface area contributed by atoms with Crippen LogP contribution in [0.5, 0.6) is 0 Å². The van der Waals surface area contributed by atoms with Crippen molar-refractivity contribution in [3.8, 4) is 0 Å². The number of rotatable bonds is 3. The molecule has 8 nitrogen and oxygen atoms in total. The first-order valence-electron chi connectivity index (χ1n) is 13.1. The maximum Gasteiger partial charge on any atom is 0.317 e. The number of benzene rings is 1. The number of hydrogen-bond acceptors (Lipinski definition) is 3. The maximum atomic E-state index is 14.4. The number of carbonyl (C=O) groups excluding carboxylic acids is 1. The molecule has 1 saturated heterocycles. The molecule has 2 fully saturated rings. The fraction of sp³-hybridized carbons (Fsp3) is 0.481. The summed E-state index contributed by atoms with van der Waals surface area (Å²) in [5.74, 6) is 0.363. The molecule has 1 aromatic carbocycles. The van der Waals surface area contributed by atoms with Gasteiger partial charge < -0.3 is 30.4 Å². The molecular formula is C27H33F2N7O. The van der Waals surface area contributed by atoms with E-state index >= 15 is 0 Å². The second-order valence-electron chi connectivity index (χ2n) is 10.7. The molecule has 2 aromatic heterocycles. The molecule has 3 atom stereocenters. The number of amides is 2. The van der Waals surface area contributed by atoms with Crippen LogP contribution in [0.3, 0.4) is 0 Å². The van der Waals surface area contributed by atoms with E-state index < -0.39 is 17.3 Å². The lowest BCUT2D eigenvalue weighted by Gasteiger charge is -2.39. The number of H-pyrrole nitrogens is 1. The second-order valence-corrected chi connectivity index (χ2v) is 10.7. The van der Waals surface area contributed by atoms with Crippen molar-refractivity contribution in [3.63, 3.8) is 0 Å². The van der Waals surface area contributed by atoms with Gasteiger partial charge in [-0.15, -0.1) is 0 Å². The van der Waals surface area contributed by atoms with E-state index in [9.17, 15) is 13.6 Å². The summed E-state index contributed by atoms with van der Waals surface area (Å²) in [6.07, 6.45) is 9.49. The minimum Gasteiger partial charge on any atom is -0.358 e. The lowest BCUT2D eigenvalue weighted by molar-refractivity contribution is 0.199. The number of aromatic nitrogens is 2.